The van der Waals surface area contributed by atoms with Crippen molar-refractivity contribution < 1.29 is 14.3 Å². The van der Waals surface area contributed by atoms with Crippen molar-refractivity contribution in [2.75, 3.05) is 7.11 Å². The molecule has 0 amide bonds. The molecule has 2 aliphatic rings. The molecule has 1 N–H and O–H groups in total. The van der Waals surface area contributed by atoms with E-state index in [1.54, 1.807) is 11.3 Å². The lowest BCUT2D eigenvalue weighted by Gasteiger charge is -2.36. The van der Waals surface area contributed by atoms with Gasteiger partial charge < -0.3 is 10.1 Å². The first-order valence-corrected chi connectivity index (χ1v) is 10.7. The molecular weight excluding hydrogens is 406 g/mol. The molecular formula is C23H22ClNO3S. The van der Waals surface area contributed by atoms with Gasteiger partial charge in [0.05, 0.1) is 18.6 Å². The molecule has 0 radical (unpaired) electrons. The number of hydrogen-bond acceptors (Lipinski definition) is 5. The molecule has 29 heavy (non-hydrogen) atoms. The van der Waals surface area contributed by atoms with Gasteiger partial charge in [-0.05, 0) is 49.9 Å². The van der Waals surface area contributed by atoms with Gasteiger partial charge in [0.1, 0.15) is 0 Å². The number of dihydropyridines is 1. The number of rotatable bonds is 3. The van der Waals surface area contributed by atoms with E-state index in [1.165, 1.54) is 7.11 Å². The minimum Gasteiger partial charge on any atom is -0.466 e. The molecule has 0 unspecified atom stereocenters. The van der Waals surface area contributed by atoms with Crippen LogP contribution in [-0.2, 0) is 14.3 Å². The maximum Gasteiger partial charge on any atom is 0.336 e. The Morgan fingerprint density at radius 1 is 1.17 bits per heavy atom. The first-order chi connectivity index (χ1) is 13.9. The van der Waals surface area contributed by atoms with Crippen molar-refractivity contribution in [2.24, 2.45) is 0 Å². The zero-order chi connectivity index (χ0) is 20.7. The number of esters is 1. The van der Waals surface area contributed by atoms with Gasteiger partial charge >= 0.3 is 5.97 Å². The number of halogens is 1. The molecule has 2 heterocycles. The van der Waals surface area contributed by atoms with Gasteiger partial charge in [-0.1, -0.05) is 29.8 Å². The van der Waals surface area contributed by atoms with Crippen molar-refractivity contribution in [3.05, 3.63) is 79.3 Å². The van der Waals surface area contributed by atoms with Crippen LogP contribution < -0.4 is 5.32 Å². The largest absolute Gasteiger partial charge is 0.466 e. The minimum atomic E-state index is -0.404. The number of thiophene rings is 1. The maximum atomic E-state index is 13.4. The maximum absolute atomic E-state index is 13.4. The van der Waals surface area contributed by atoms with Crippen molar-refractivity contribution in [1.82, 2.24) is 5.32 Å². The number of allylic oxidation sites excluding steroid dienone is 3. The summed E-state index contributed by atoms with van der Waals surface area (Å²) in [6, 6.07) is 11.7. The molecule has 0 spiro atoms. The lowest BCUT2D eigenvalue weighted by atomic mass is 9.73. The number of ketones is 1. The normalized spacial score (nSPS) is 21.7. The molecule has 4 nitrogen and oxygen atoms in total. The summed E-state index contributed by atoms with van der Waals surface area (Å²) in [7, 11) is 1.37. The number of aryl methyl sites for hydroxylation is 1. The van der Waals surface area contributed by atoms with E-state index in [0.717, 1.165) is 26.7 Å². The quantitative estimate of drug-likeness (QED) is 0.680. The highest BCUT2D eigenvalue weighted by atomic mass is 35.5. The molecule has 0 saturated heterocycles. The monoisotopic (exact) mass is 427 g/mol. The van der Waals surface area contributed by atoms with Crippen molar-refractivity contribution in [3.63, 3.8) is 0 Å². The van der Waals surface area contributed by atoms with E-state index < -0.39 is 11.9 Å². The molecule has 2 atom stereocenters. The van der Waals surface area contributed by atoms with Crippen LogP contribution in [0, 0.1) is 6.92 Å². The Morgan fingerprint density at radius 2 is 1.93 bits per heavy atom. The zero-order valence-corrected chi connectivity index (χ0v) is 18.1. The third kappa shape index (κ3) is 3.53. The van der Waals surface area contributed by atoms with Gasteiger partial charge in [0.2, 0.25) is 0 Å². The molecule has 1 aromatic heterocycles. The van der Waals surface area contributed by atoms with Gasteiger partial charge in [0, 0.05) is 38.2 Å². The van der Waals surface area contributed by atoms with Crippen LogP contribution in [-0.4, -0.2) is 18.9 Å². The average Bonchev–Trinajstić information content (AvgIpc) is 3.12. The predicted molar refractivity (Wildman–Crippen MR) is 115 cm³/mol. The second-order valence-electron chi connectivity index (χ2n) is 7.48. The second-order valence-corrected chi connectivity index (χ2v) is 9.21. The Hall–Kier alpha value is -2.37. The van der Waals surface area contributed by atoms with Crippen LogP contribution in [0.1, 0.15) is 46.9 Å². The smallest absolute Gasteiger partial charge is 0.336 e. The molecule has 1 aromatic carbocycles. The highest BCUT2D eigenvalue weighted by Crippen LogP contribution is 2.47. The Kier molecular flexibility index (Phi) is 5.36. The number of benzene rings is 1. The highest BCUT2D eigenvalue weighted by molar-refractivity contribution is 7.12. The van der Waals surface area contributed by atoms with Crippen molar-refractivity contribution in [3.8, 4) is 0 Å². The van der Waals surface area contributed by atoms with Gasteiger partial charge in [0.15, 0.2) is 5.78 Å². The minimum absolute atomic E-state index is 0.0145. The lowest BCUT2D eigenvalue weighted by Crippen LogP contribution is -2.35. The summed E-state index contributed by atoms with van der Waals surface area (Å²) in [5.41, 5.74) is 3.80. The fraction of sp³-hybridized carbons (Fsp3) is 0.304. The molecule has 0 saturated carbocycles. The number of carbonyl (C=O) groups is 2. The Morgan fingerprint density at radius 3 is 2.59 bits per heavy atom. The zero-order valence-electron chi connectivity index (χ0n) is 16.5. The Balaban J connectivity index is 1.81. The first-order valence-electron chi connectivity index (χ1n) is 9.53. The lowest BCUT2D eigenvalue weighted by molar-refractivity contribution is -0.136. The fourth-order valence-corrected chi connectivity index (χ4v) is 5.63. The number of Topliss-reactive ketones (excluding diaryl/α,β-unsaturated/α-hetero) is 1. The highest BCUT2D eigenvalue weighted by Gasteiger charge is 2.42. The van der Waals surface area contributed by atoms with Crippen molar-refractivity contribution in [1.29, 1.82) is 0 Å². The van der Waals surface area contributed by atoms with Crippen molar-refractivity contribution in [2.45, 2.75) is 38.5 Å². The fourth-order valence-electron chi connectivity index (χ4n) is 4.34. The summed E-state index contributed by atoms with van der Waals surface area (Å²) >= 11 is 8.01. The van der Waals surface area contributed by atoms with E-state index in [1.807, 2.05) is 50.2 Å². The van der Waals surface area contributed by atoms with Gasteiger partial charge in [0.25, 0.3) is 0 Å². The summed E-state index contributed by atoms with van der Waals surface area (Å²) in [6.07, 6.45) is 1.05. The standard InChI is InChI=1S/C23H22ClNO3S/c1-12-8-9-19(29-12)22-20(23(27)28-3)13(2)25-17-10-14(11-18(26)21(17)22)15-6-4-5-7-16(15)24/h4-9,14,22,25H,10-11H2,1-3H3/t14-,22-/m1/s1. The van der Waals surface area contributed by atoms with E-state index in [4.69, 9.17) is 16.3 Å². The van der Waals surface area contributed by atoms with E-state index in [-0.39, 0.29) is 11.7 Å². The van der Waals surface area contributed by atoms with Crippen LogP contribution >= 0.6 is 22.9 Å². The number of methoxy groups -OCH3 is 1. The predicted octanol–water partition coefficient (Wildman–Crippen LogP) is 5.24. The van der Waals surface area contributed by atoms with Gasteiger partial charge in [-0.3, -0.25) is 4.79 Å². The van der Waals surface area contributed by atoms with Gasteiger partial charge in [-0.25, -0.2) is 4.79 Å². The summed E-state index contributed by atoms with van der Waals surface area (Å²) in [6.45, 7) is 3.89. The van der Waals surface area contributed by atoms with Crippen molar-refractivity contribution >= 4 is 34.7 Å². The number of nitrogens with one attached hydrogen (secondary N) is 1. The molecule has 2 aromatic rings. The number of carbonyl (C=O) groups excluding carboxylic acids is 2. The molecule has 1 aliphatic heterocycles. The number of ether oxygens (including phenoxy) is 1. The molecule has 6 heteroatoms. The molecule has 0 fully saturated rings. The van der Waals surface area contributed by atoms with Crippen LogP contribution in [0.5, 0.6) is 0 Å². The third-order valence-electron chi connectivity index (χ3n) is 5.62. The first kappa shape index (κ1) is 19.9. The van der Waals surface area contributed by atoms with Gasteiger partial charge in [-0.2, -0.15) is 0 Å². The second kappa shape index (κ2) is 7.81. The Bertz CT molecular complexity index is 1070. The SMILES string of the molecule is COC(=O)C1=C(C)NC2=C(C(=O)C[C@H](c3ccccc3Cl)C2)[C@@H]1c1ccc(C)s1. The molecule has 4 rings (SSSR count). The average molecular weight is 428 g/mol. The summed E-state index contributed by atoms with van der Waals surface area (Å²) in [5.74, 6) is -0.731. The van der Waals surface area contributed by atoms with E-state index >= 15 is 0 Å². The van der Waals surface area contributed by atoms with E-state index in [2.05, 4.69) is 5.32 Å². The van der Waals surface area contributed by atoms with Crippen LogP contribution in [0.25, 0.3) is 0 Å². The molecule has 0 bridgehead atoms. The molecule has 1 aliphatic carbocycles. The summed E-state index contributed by atoms with van der Waals surface area (Å²) < 4.78 is 5.06. The van der Waals surface area contributed by atoms with Crippen LogP contribution in [0.3, 0.4) is 0 Å². The Labute approximate surface area is 179 Å². The van der Waals surface area contributed by atoms with E-state index in [9.17, 15) is 9.59 Å². The summed E-state index contributed by atoms with van der Waals surface area (Å²) in [4.78, 5) is 28.1. The topological polar surface area (TPSA) is 55.4 Å². The van der Waals surface area contributed by atoms with Gasteiger partial charge in [-0.15, -0.1) is 11.3 Å². The number of hydrogen-bond donors (Lipinski definition) is 1. The van der Waals surface area contributed by atoms with Crippen LogP contribution in [0.2, 0.25) is 5.02 Å². The van der Waals surface area contributed by atoms with E-state index in [0.29, 0.717) is 29.0 Å². The third-order valence-corrected chi connectivity index (χ3v) is 7.03. The van der Waals surface area contributed by atoms with Crippen LogP contribution in [0.15, 0.2) is 58.9 Å². The van der Waals surface area contributed by atoms with Crippen LogP contribution in [0.4, 0.5) is 0 Å². The summed E-state index contributed by atoms with van der Waals surface area (Å²) in [5, 5.41) is 4.02. The molecule has 150 valence electrons.